The maximum atomic E-state index is 13.6. The van der Waals surface area contributed by atoms with Gasteiger partial charge in [-0.3, -0.25) is 14.4 Å². The fraction of sp³-hybridized carbons (Fsp3) is 0.583. The molecule has 2 aromatic rings. The van der Waals surface area contributed by atoms with Crippen molar-refractivity contribution in [3.05, 3.63) is 58.1 Å². The largest absolute Gasteiger partial charge is 0.487 e. The van der Waals surface area contributed by atoms with E-state index in [2.05, 4.69) is 9.62 Å². The molecule has 5 rings (SSSR count). The molecule has 2 heterocycles. The number of nitrogens with zero attached hydrogens (tertiary/aromatic N) is 1. The Morgan fingerprint density at radius 2 is 1.76 bits per heavy atom. The van der Waals surface area contributed by atoms with Gasteiger partial charge in [0.25, 0.3) is 5.91 Å². The molecule has 2 aliphatic heterocycles. The van der Waals surface area contributed by atoms with Crippen LogP contribution in [0.2, 0.25) is 5.02 Å². The fourth-order valence-electron chi connectivity index (χ4n) is 7.54. The summed E-state index contributed by atoms with van der Waals surface area (Å²) in [5.41, 5.74) is 2.98. The first-order valence-electron chi connectivity index (χ1n) is 17.0. The number of rotatable bonds is 3. The van der Waals surface area contributed by atoms with Gasteiger partial charge in [0.2, 0.25) is 10.0 Å². The third-order valence-corrected chi connectivity index (χ3v) is 12.9. The van der Waals surface area contributed by atoms with E-state index in [1.807, 2.05) is 18.2 Å². The van der Waals surface area contributed by atoms with Crippen LogP contribution in [0.25, 0.3) is 0 Å². The lowest BCUT2D eigenvalue weighted by molar-refractivity contribution is -0.162. The standard InChI is InChI=1S/C36H47ClN2O9S/c1-21-15-27(33(35(42)46-3)36(43)47-4)18-31(40)29-12-9-25(29)19-39-14-6-5-7-23-16-28(37)11-8-26(23)20-48-32-13-10-24(17-30(32)39)34(41)38-49(44,45)22(21)2/h8,10-11,13,16-17,21-22,25,27,29,31,33,40H,5-7,9,12,14-15,18-20H2,1-4H3,(H,38,41)/t21-,22+,25-,27-,29+,31-/m0/s1. The van der Waals surface area contributed by atoms with Crippen LogP contribution >= 0.6 is 11.6 Å². The Kier molecular flexibility index (Phi) is 11.8. The van der Waals surface area contributed by atoms with Gasteiger partial charge in [-0.1, -0.05) is 24.6 Å². The van der Waals surface area contributed by atoms with Crippen molar-refractivity contribution in [1.82, 2.24) is 4.72 Å². The van der Waals surface area contributed by atoms with Crippen molar-refractivity contribution in [3.63, 3.8) is 0 Å². The van der Waals surface area contributed by atoms with E-state index in [4.69, 9.17) is 25.8 Å². The Bertz CT molecular complexity index is 1630. The number of ether oxygens (including phenoxy) is 3. The van der Waals surface area contributed by atoms with Crippen molar-refractivity contribution in [2.75, 3.05) is 32.2 Å². The summed E-state index contributed by atoms with van der Waals surface area (Å²) in [5.74, 6) is -4.59. The molecule has 0 unspecified atom stereocenters. The zero-order valence-electron chi connectivity index (χ0n) is 28.5. The lowest BCUT2D eigenvalue weighted by Gasteiger charge is -2.44. The Balaban J connectivity index is 1.55. The highest BCUT2D eigenvalue weighted by Gasteiger charge is 2.44. The average molecular weight is 719 g/mol. The molecule has 0 spiro atoms. The number of methoxy groups -OCH3 is 2. The van der Waals surface area contributed by atoms with E-state index in [1.165, 1.54) is 21.1 Å². The highest BCUT2D eigenvalue weighted by Crippen LogP contribution is 2.43. The monoisotopic (exact) mass is 718 g/mol. The number of benzene rings is 2. The topological polar surface area (TPSA) is 149 Å². The van der Waals surface area contributed by atoms with Gasteiger partial charge in [-0.25, -0.2) is 13.1 Å². The van der Waals surface area contributed by atoms with Gasteiger partial charge in [0.1, 0.15) is 12.4 Å². The number of carbonyl (C=O) groups excluding carboxylic acids is 3. The van der Waals surface area contributed by atoms with E-state index >= 15 is 0 Å². The molecule has 0 radical (unpaired) electrons. The zero-order chi connectivity index (χ0) is 35.5. The lowest BCUT2D eigenvalue weighted by Crippen LogP contribution is -2.46. The normalized spacial score (nSPS) is 27.6. The molecule has 3 aliphatic rings. The smallest absolute Gasteiger partial charge is 0.320 e. The van der Waals surface area contributed by atoms with Crippen molar-refractivity contribution in [1.29, 1.82) is 0 Å². The van der Waals surface area contributed by atoms with Gasteiger partial charge in [0.05, 0.1) is 31.3 Å². The van der Waals surface area contributed by atoms with Crippen LogP contribution in [-0.4, -0.2) is 70.0 Å². The summed E-state index contributed by atoms with van der Waals surface area (Å²) in [4.78, 5) is 41.6. The van der Waals surface area contributed by atoms with Crippen LogP contribution < -0.4 is 14.4 Å². The molecule has 1 fully saturated rings. The van der Waals surface area contributed by atoms with Crippen LogP contribution in [0, 0.1) is 29.6 Å². The molecule has 2 N–H and O–H groups in total. The minimum atomic E-state index is -4.21. The van der Waals surface area contributed by atoms with Crippen molar-refractivity contribution in [2.45, 2.75) is 76.8 Å². The zero-order valence-corrected chi connectivity index (χ0v) is 30.1. The third kappa shape index (κ3) is 8.35. The summed E-state index contributed by atoms with van der Waals surface area (Å²) in [6.45, 7) is 4.67. The molecule has 13 heteroatoms. The van der Waals surface area contributed by atoms with Crippen LogP contribution in [0.5, 0.6) is 5.75 Å². The molecular formula is C36H47ClN2O9S. The highest BCUT2D eigenvalue weighted by atomic mass is 35.5. The summed E-state index contributed by atoms with van der Waals surface area (Å²) in [6.07, 6.45) is 3.46. The fourth-order valence-corrected chi connectivity index (χ4v) is 9.01. The van der Waals surface area contributed by atoms with Crippen LogP contribution in [0.1, 0.15) is 73.9 Å². The number of nitrogens with one attached hydrogen (secondary N) is 1. The summed E-state index contributed by atoms with van der Waals surface area (Å²) in [6, 6.07) is 10.7. The third-order valence-electron chi connectivity index (χ3n) is 10.8. The Morgan fingerprint density at radius 1 is 1.02 bits per heavy atom. The first-order valence-corrected chi connectivity index (χ1v) is 18.9. The predicted octanol–water partition coefficient (Wildman–Crippen LogP) is 4.91. The van der Waals surface area contributed by atoms with Gasteiger partial charge in [-0.2, -0.15) is 0 Å². The Morgan fingerprint density at radius 3 is 2.43 bits per heavy atom. The molecule has 2 aromatic carbocycles. The number of halogens is 1. The second kappa shape index (κ2) is 15.7. The van der Waals surface area contributed by atoms with E-state index in [0.29, 0.717) is 29.5 Å². The van der Waals surface area contributed by atoms with Crippen molar-refractivity contribution in [2.24, 2.45) is 29.6 Å². The second-order valence-electron chi connectivity index (χ2n) is 13.8. The molecule has 49 heavy (non-hydrogen) atoms. The number of anilines is 1. The average Bonchev–Trinajstić information content (AvgIpc) is 3.08. The van der Waals surface area contributed by atoms with Gasteiger partial charge in [0, 0.05) is 23.7 Å². The summed E-state index contributed by atoms with van der Waals surface area (Å²) in [5, 5.41) is 11.3. The number of sulfonamides is 1. The molecule has 6 atom stereocenters. The van der Waals surface area contributed by atoms with E-state index in [1.54, 1.807) is 25.1 Å². The number of hydrogen-bond donors (Lipinski definition) is 2. The molecule has 2 bridgehead atoms. The molecule has 0 aromatic heterocycles. The van der Waals surface area contributed by atoms with Crippen molar-refractivity contribution >= 4 is 45.2 Å². The van der Waals surface area contributed by atoms with Gasteiger partial charge in [0.15, 0.2) is 5.92 Å². The lowest BCUT2D eigenvalue weighted by atomic mass is 9.67. The van der Waals surface area contributed by atoms with Gasteiger partial charge in [-0.15, -0.1) is 0 Å². The number of hydrogen-bond acceptors (Lipinski definition) is 10. The number of esters is 2. The molecule has 0 saturated heterocycles. The van der Waals surface area contributed by atoms with Crippen molar-refractivity contribution in [3.8, 4) is 5.75 Å². The minimum absolute atomic E-state index is 0.0736. The molecule has 1 amide bonds. The number of aryl methyl sites for hydroxylation is 1. The maximum Gasteiger partial charge on any atom is 0.320 e. The molecule has 268 valence electrons. The highest BCUT2D eigenvalue weighted by molar-refractivity contribution is 7.90. The number of aliphatic hydroxyl groups is 1. The van der Waals surface area contributed by atoms with Crippen LogP contribution in [0.4, 0.5) is 5.69 Å². The first-order chi connectivity index (χ1) is 23.3. The molecular weight excluding hydrogens is 672 g/mol. The van der Waals surface area contributed by atoms with Crippen LogP contribution in [0.3, 0.4) is 0 Å². The summed E-state index contributed by atoms with van der Waals surface area (Å²) in [7, 11) is -1.86. The van der Waals surface area contributed by atoms with Gasteiger partial charge < -0.3 is 24.2 Å². The number of amides is 1. The van der Waals surface area contributed by atoms with Crippen molar-refractivity contribution < 1.29 is 42.1 Å². The Hall–Kier alpha value is -3.35. The SMILES string of the molecule is COC(=O)C(C(=O)OC)[C@H]1C[C@H](C)[C@@H](C)S(=O)(=O)NC(=O)c2ccc3c(c2)N(CCCCc2cc(Cl)ccc2CO3)C[C@@H]2CC[C@H]2[C@@H](O)C1. The minimum Gasteiger partial charge on any atom is -0.487 e. The number of carbonyl (C=O) groups is 3. The molecule has 11 nitrogen and oxygen atoms in total. The maximum absolute atomic E-state index is 13.6. The van der Waals surface area contributed by atoms with E-state index in [-0.39, 0.29) is 36.8 Å². The first kappa shape index (κ1) is 36.9. The quantitative estimate of drug-likeness (QED) is 0.332. The van der Waals surface area contributed by atoms with E-state index < -0.39 is 57.0 Å². The van der Waals surface area contributed by atoms with Crippen LogP contribution in [0.15, 0.2) is 36.4 Å². The van der Waals surface area contributed by atoms with Gasteiger partial charge in [-0.05, 0) is 117 Å². The summed E-state index contributed by atoms with van der Waals surface area (Å²) < 4.78 is 45.8. The second-order valence-corrected chi connectivity index (χ2v) is 16.2. The Labute approximate surface area is 293 Å². The number of aliphatic hydroxyl groups excluding tert-OH is 1. The molecule has 1 aliphatic carbocycles. The van der Waals surface area contributed by atoms with Gasteiger partial charge >= 0.3 is 11.9 Å². The predicted molar refractivity (Wildman–Crippen MR) is 185 cm³/mol. The van der Waals surface area contributed by atoms with E-state index in [9.17, 15) is 27.9 Å². The van der Waals surface area contributed by atoms with Crippen LogP contribution in [-0.2, 0) is 42.1 Å². The molecule has 1 saturated carbocycles. The summed E-state index contributed by atoms with van der Waals surface area (Å²) >= 11 is 6.32. The number of fused-ring (bicyclic) bond motifs is 3. The van der Waals surface area contributed by atoms with E-state index in [0.717, 1.165) is 43.2 Å².